The highest BCUT2D eigenvalue weighted by Crippen LogP contribution is 2.27. The molecule has 0 saturated carbocycles. The minimum Gasteiger partial charge on any atom is -0.464 e. The molecule has 0 radical (unpaired) electrons. The molecule has 0 atom stereocenters. The van der Waals surface area contributed by atoms with E-state index < -0.39 is 21.7 Å². The molecule has 2 aromatic heterocycles. The summed E-state index contributed by atoms with van der Waals surface area (Å²) in [5, 5.41) is 10.0. The van der Waals surface area contributed by atoms with Crippen LogP contribution in [0.1, 0.15) is 17.0 Å². The summed E-state index contributed by atoms with van der Waals surface area (Å²) in [7, 11) is -0.266. The van der Waals surface area contributed by atoms with Crippen molar-refractivity contribution in [1.82, 2.24) is 18.9 Å². The van der Waals surface area contributed by atoms with Crippen LogP contribution in [-0.4, -0.2) is 83.4 Å². The quantitative estimate of drug-likeness (QED) is 0.501. The highest BCUT2D eigenvalue weighted by Gasteiger charge is 2.28. The van der Waals surface area contributed by atoms with Crippen LogP contribution >= 0.6 is 22.9 Å². The largest absolute Gasteiger partial charge is 0.464 e. The minimum atomic E-state index is -4.03. The molecule has 0 spiro atoms. The van der Waals surface area contributed by atoms with Crippen LogP contribution in [0, 0.1) is 6.92 Å². The Labute approximate surface area is 217 Å². The summed E-state index contributed by atoms with van der Waals surface area (Å²) in [5.41, 5.74) is 1.40. The highest BCUT2D eigenvalue weighted by molar-refractivity contribution is 7.91. The Kier molecular flexibility index (Phi) is 7.60. The number of aromatic nitrogens is 2. The molecule has 194 valence electrons. The van der Waals surface area contributed by atoms with Gasteiger partial charge in [-0.3, -0.25) is 14.7 Å². The molecule has 3 aromatic rings. The first-order valence-corrected chi connectivity index (χ1v) is 14.2. The van der Waals surface area contributed by atoms with Crippen LogP contribution in [0.4, 0.5) is 4.79 Å². The van der Waals surface area contributed by atoms with Crippen LogP contribution in [0.5, 0.6) is 0 Å². The first-order chi connectivity index (χ1) is 17.0. The fourth-order valence-electron chi connectivity index (χ4n) is 4.36. The summed E-state index contributed by atoms with van der Waals surface area (Å²) in [6.07, 6.45) is -1.63. The van der Waals surface area contributed by atoms with E-state index in [0.717, 1.165) is 15.9 Å². The normalized spacial score (nSPS) is 15.7. The third-order valence-electron chi connectivity index (χ3n) is 6.52. The van der Waals surface area contributed by atoms with Gasteiger partial charge in [0.15, 0.2) is 14.6 Å². The smallest absolute Gasteiger partial charge is 0.417 e. The number of rotatable bonds is 6. The van der Waals surface area contributed by atoms with Crippen LogP contribution in [-0.2, 0) is 28.2 Å². The van der Waals surface area contributed by atoms with Crippen LogP contribution in [0.2, 0.25) is 5.02 Å². The van der Waals surface area contributed by atoms with Gasteiger partial charge >= 0.3 is 6.09 Å². The molecule has 1 amide bonds. The number of halogens is 1. The second-order valence-electron chi connectivity index (χ2n) is 8.71. The zero-order valence-electron chi connectivity index (χ0n) is 20.3. The number of sulfone groups is 1. The molecule has 1 saturated heterocycles. The number of amides is 1. The number of carbonyl (C=O) groups excluding carboxylic acids is 1. The lowest BCUT2D eigenvalue weighted by Gasteiger charge is -2.34. The SMILES string of the molecule is C/N=c1\sc(CN2CCN(C(=O)CCS(=O)(=O)c3cc4cc(Cl)ccc4n3C(=O)O)CC2)c(C)n1C. The standard InChI is InChI=1S/C23H28ClN5O5S2/c1-15-19(35-22(25-2)26(15)3)14-27-7-9-28(10-8-27)20(30)6-11-36(33,34)21-13-16-12-17(24)4-5-18(16)29(21)23(31)32/h4-5,12-13H,6-11,14H2,1-3H3,(H,31,32)/b25-22-. The van der Waals surface area contributed by atoms with E-state index in [2.05, 4.69) is 21.4 Å². The van der Waals surface area contributed by atoms with Crippen molar-refractivity contribution in [2.75, 3.05) is 39.0 Å². The van der Waals surface area contributed by atoms with E-state index in [-0.39, 0.29) is 22.9 Å². The summed E-state index contributed by atoms with van der Waals surface area (Å²) in [6.45, 7) is 5.24. The van der Waals surface area contributed by atoms with Crippen molar-refractivity contribution < 1.29 is 23.1 Å². The number of nitrogens with zero attached hydrogens (tertiary/aromatic N) is 5. The van der Waals surface area contributed by atoms with E-state index in [4.69, 9.17) is 11.6 Å². The molecule has 0 unspecified atom stereocenters. The van der Waals surface area contributed by atoms with E-state index in [1.807, 2.05) is 7.05 Å². The average Bonchev–Trinajstić information content (AvgIpc) is 3.36. The molecule has 4 rings (SSSR count). The fraction of sp³-hybridized carbons (Fsp3) is 0.435. The van der Waals surface area contributed by atoms with Crippen LogP contribution in [0.25, 0.3) is 10.9 Å². The van der Waals surface area contributed by atoms with E-state index in [0.29, 0.717) is 36.6 Å². The summed E-state index contributed by atoms with van der Waals surface area (Å²) < 4.78 is 28.9. The Morgan fingerprint density at radius 1 is 1.17 bits per heavy atom. The van der Waals surface area contributed by atoms with Gasteiger partial charge in [-0.25, -0.2) is 17.8 Å². The maximum Gasteiger partial charge on any atom is 0.417 e. The number of thiazole rings is 1. The number of hydrogen-bond acceptors (Lipinski definition) is 7. The number of carbonyl (C=O) groups is 2. The number of piperazine rings is 1. The monoisotopic (exact) mass is 553 g/mol. The molecule has 0 bridgehead atoms. The molecule has 1 aliphatic heterocycles. The van der Waals surface area contributed by atoms with Crippen molar-refractivity contribution in [1.29, 1.82) is 0 Å². The van der Waals surface area contributed by atoms with E-state index >= 15 is 0 Å². The number of benzene rings is 1. The number of fused-ring (bicyclic) bond motifs is 1. The molecule has 1 fully saturated rings. The third-order valence-corrected chi connectivity index (χ3v) is 9.74. The predicted molar refractivity (Wildman–Crippen MR) is 138 cm³/mol. The maximum atomic E-state index is 13.0. The molecule has 1 N–H and O–H groups in total. The molecular weight excluding hydrogens is 526 g/mol. The van der Waals surface area contributed by atoms with E-state index in [1.165, 1.54) is 34.8 Å². The Hall–Kier alpha value is -2.67. The lowest BCUT2D eigenvalue weighted by Crippen LogP contribution is -2.48. The summed E-state index contributed by atoms with van der Waals surface area (Å²) >= 11 is 7.63. The van der Waals surface area contributed by atoms with Crippen molar-refractivity contribution in [2.45, 2.75) is 24.9 Å². The Morgan fingerprint density at radius 3 is 2.47 bits per heavy atom. The Balaban J connectivity index is 1.39. The molecule has 10 nitrogen and oxygen atoms in total. The second-order valence-corrected chi connectivity index (χ2v) is 12.3. The average molecular weight is 554 g/mol. The van der Waals surface area contributed by atoms with Gasteiger partial charge in [-0.05, 0) is 31.2 Å². The van der Waals surface area contributed by atoms with Crippen molar-refractivity contribution in [3.05, 3.63) is 44.7 Å². The van der Waals surface area contributed by atoms with Crippen LogP contribution < -0.4 is 4.80 Å². The van der Waals surface area contributed by atoms with E-state index in [9.17, 15) is 23.1 Å². The number of carboxylic acid groups (broad SMARTS) is 1. The van der Waals surface area contributed by atoms with Crippen molar-refractivity contribution >= 4 is 55.7 Å². The molecular formula is C23H28ClN5O5S2. The van der Waals surface area contributed by atoms with Crippen molar-refractivity contribution in [2.24, 2.45) is 12.0 Å². The Bertz CT molecular complexity index is 1500. The van der Waals surface area contributed by atoms with Gasteiger partial charge in [0.25, 0.3) is 0 Å². The fourth-order valence-corrected chi connectivity index (χ4v) is 7.07. The topological polar surface area (TPSA) is 117 Å². The van der Waals surface area contributed by atoms with Crippen molar-refractivity contribution in [3.8, 4) is 0 Å². The molecule has 13 heteroatoms. The van der Waals surface area contributed by atoms with E-state index in [1.54, 1.807) is 23.3 Å². The third kappa shape index (κ3) is 5.22. The van der Waals surface area contributed by atoms with Crippen molar-refractivity contribution in [3.63, 3.8) is 0 Å². The molecule has 1 aromatic carbocycles. The minimum absolute atomic E-state index is 0.217. The summed E-state index contributed by atoms with van der Waals surface area (Å²) in [6, 6.07) is 5.76. The summed E-state index contributed by atoms with van der Waals surface area (Å²) in [5.74, 6) is -0.734. The first-order valence-electron chi connectivity index (χ1n) is 11.4. The second kappa shape index (κ2) is 10.4. The predicted octanol–water partition coefficient (Wildman–Crippen LogP) is 2.57. The summed E-state index contributed by atoms with van der Waals surface area (Å²) in [4.78, 5) is 35.1. The molecule has 1 aliphatic rings. The lowest BCUT2D eigenvalue weighted by molar-refractivity contribution is -0.132. The van der Waals surface area contributed by atoms with Gasteiger partial charge in [-0.15, -0.1) is 11.3 Å². The van der Waals surface area contributed by atoms with Gasteiger partial charge in [0.2, 0.25) is 5.91 Å². The maximum absolute atomic E-state index is 13.0. The zero-order valence-corrected chi connectivity index (χ0v) is 22.7. The van der Waals surface area contributed by atoms with Gasteiger partial charge in [-0.2, -0.15) is 0 Å². The zero-order chi connectivity index (χ0) is 26.2. The van der Waals surface area contributed by atoms with Gasteiger partial charge in [0, 0.05) is 74.2 Å². The van der Waals surface area contributed by atoms with Gasteiger partial charge in [0.1, 0.15) is 5.03 Å². The molecule has 36 heavy (non-hydrogen) atoms. The lowest BCUT2D eigenvalue weighted by atomic mass is 10.2. The highest BCUT2D eigenvalue weighted by atomic mass is 35.5. The van der Waals surface area contributed by atoms with Gasteiger partial charge < -0.3 is 14.6 Å². The van der Waals surface area contributed by atoms with Gasteiger partial charge in [0.05, 0.1) is 11.3 Å². The van der Waals surface area contributed by atoms with Gasteiger partial charge in [-0.1, -0.05) is 11.6 Å². The van der Waals surface area contributed by atoms with Crippen LogP contribution in [0.15, 0.2) is 34.3 Å². The molecule has 3 heterocycles. The number of hydrogen-bond donors (Lipinski definition) is 1. The molecule has 0 aliphatic carbocycles. The first kappa shape index (κ1) is 26.4. The van der Waals surface area contributed by atoms with Crippen LogP contribution in [0.3, 0.4) is 0 Å². The Morgan fingerprint density at radius 2 is 1.86 bits per heavy atom.